The number of nitrogens with zero attached hydrogens (tertiary/aromatic N) is 3. The van der Waals surface area contributed by atoms with Gasteiger partial charge in [-0.25, -0.2) is 9.97 Å². The van der Waals surface area contributed by atoms with E-state index in [1.807, 2.05) is 13.8 Å². The zero-order valence-electron chi connectivity index (χ0n) is 14.9. The Kier molecular flexibility index (Phi) is 6.98. The van der Waals surface area contributed by atoms with Gasteiger partial charge in [-0.2, -0.15) is 0 Å². The molecule has 25 heavy (non-hydrogen) atoms. The molecule has 3 rings (SSSR count). The first-order valence-electron chi connectivity index (χ1n) is 8.12. The molecule has 0 atom stereocenters. The summed E-state index contributed by atoms with van der Waals surface area (Å²) in [5, 5.41) is 7.47. The van der Waals surface area contributed by atoms with E-state index in [0.717, 1.165) is 45.2 Å². The van der Waals surface area contributed by atoms with Crippen LogP contribution in [0.1, 0.15) is 24.5 Å². The monoisotopic (exact) mass is 438 g/mol. The van der Waals surface area contributed by atoms with E-state index in [1.165, 1.54) is 5.69 Å². The van der Waals surface area contributed by atoms with Gasteiger partial charge in [0.1, 0.15) is 0 Å². The molecule has 0 aliphatic rings. The highest BCUT2D eigenvalue weighted by atomic mass is 79.9. The summed E-state index contributed by atoms with van der Waals surface area (Å²) in [4.78, 5) is 12.7. The van der Waals surface area contributed by atoms with Gasteiger partial charge in [0.15, 0.2) is 5.13 Å². The van der Waals surface area contributed by atoms with Crippen LogP contribution in [0.3, 0.4) is 0 Å². The van der Waals surface area contributed by atoms with Crippen molar-refractivity contribution in [3.8, 4) is 10.6 Å². The normalized spacial score (nSPS) is 10.4. The number of aromatic nitrogens is 2. The van der Waals surface area contributed by atoms with Gasteiger partial charge in [-0.05, 0) is 52.0 Å². The van der Waals surface area contributed by atoms with Gasteiger partial charge in [-0.1, -0.05) is 0 Å². The Morgan fingerprint density at radius 2 is 1.72 bits per heavy atom. The Bertz CT molecular complexity index is 807. The Labute approximate surface area is 167 Å². The maximum absolute atomic E-state index is 4.71. The number of rotatable bonds is 6. The molecule has 0 spiro atoms. The zero-order chi connectivity index (χ0) is 17.1. The van der Waals surface area contributed by atoms with Crippen LogP contribution >= 0.6 is 39.7 Å². The van der Waals surface area contributed by atoms with Gasteiger partial charge in [0.2, 0.25) is 0 Å². The highest BCUT2D eigenvalue weighted by Crippen LogP contribution is 2.33. The lowest BCUT2D eigenvalue weighted by Crippen LogP contribution is -2.21. The number of benzene rings is 1. The van der Waals surface area contributed by atoms with Crippen molar-refractivity contribution in [2.75, 3.05) is 23.3 Å². The molecule has 0 saturated heterocycles. The fraction of sp³-hybridized carbons (Fsp3) is 0.333. The molecule has 0 saturated carbocycles. The van der Waals surface area contributed by atoms with Crippen molar-refractivity contribution in [2.24, 2.45) is 0 Å². The fourth-order valence-corrected chi connectivity index (χ4v) is 4.35. The van der Waals surface area contributed by atoms with E-state index in [-0.39, 0.29) is 17.0 Å². The van der Waals surface area contributed by atoms with Crippen LogP contribution in [0.15, 0.2) is 29.6 Å². The number of aryl methyl sites for hydroxylation is 2. The van der Waals surface area contributed by atoms with E-state index in [0.29, 0.717) is 0 Å². The van der Waals surface area contributed by atoms with E-state index in [2.05, 4.69) is 58.7 Å². The molecule has 0 radical (unpaired) electrons. The molecule has 1 aromatic carbocycles. The molecule has 0 aliphatic heterocycles. The Hall–Kier alpha value is -1.44. The lowest BCUT2D eigenvalue weighted by molar-refractivity contribution is 0.866. The highest BCUT2D eigenvalue weighted by molar-refractivity contribution is 8.93. The largest absolute Gasteiger partial charge is 0.372 e. The molecule has 4 nitrogen and oxygen atoms in total. The molecule has 0 fully saturated rings. The van der Waals surface area contributed by atoms with Crippen molar-refractivity contribution in [1.29, 1.82) is 0 Å². The van der Waals surface area contributed by atoms with Gasteiger partial charge in [0.05, 0.1) is 21.3 Å². The van der Waals surface area contributed by atoms with Crippen LogP contribution in [0.5, 0.6) is 0 Å². The molecule has 0 aliphatic carbocycles. The third kappa shape index (κ3) is 4.59. The van der Waals surface area contributed by atoms with Crippen LogP contribution in [0, 0.1) is 13.8 Å². The molecule has 2 heterocycles. The molecule has 0 amide bonds. The first-order chi connectivity index (χ1) is 11.6. The van der Waals surface area contributed by atoms with E-state index >= 15 is 0 Å². The van der Waals surface area contributed by atoms with Gasteiger partial charge in [-0.15, -0.1) is 39.7 Å². The molecule has 2 aromatic heterocycles. The summed E-state index contributed by atoms with van der Waals surface area (Å²) in [6.07, 6.45) is 0. The predicted molar refractivity (Wildman–Crippen MR) is 116 cm³/mol. The molecule has 7 heteroatoms. The Balaban J connectivity index is 0.00000225. The zero-order valence-corrected chi connectivity index (χ0v) is 18.2. The topological polar surface area (TPSA) is 41.0 Å². The van der Waals surface area contributed by atoms with E-state index in [4.69, 9.17) is 4.98 Å². The number of halogens is 1. The van der Waals surface area contributed by atoms with Gasteiger partial charge in [0, 0.05) is 29.8 Å². The van der Waals surface area contributed by atoms with Crippen LogP contribution in [0.4, 0.5) is 16.5 Å². The average molecular weight is 439 g/mol. The lowest BCUT2D eigenvalue weighted by Gasteiger charge is -2.21. The van der Waals surface area contributed by atoms with Gasteiger partial charge in [-0.3, -0.25) is 0 Å². The van der Waals surface area contributed by atoms with E-state index < -0.39 is 0 Å². The third-order valence-corrected chi connectivity index (χ3v) is 5.74. The molecule has 0 bridgehead atoms. The van der Waals surface area contributed by atoms with Crippen LogP contribution in [0.2, 0.25) is 0 Å². The lowest BCUT2D eigenvalue weighted by atomic mass is 10.2. The second-order valence-electron chi connectivity index (χ2n) is 5.53. The molecule has 1 N–H and O–H groups in total. The standard InChI is InChI=1S/C18H22N4S2.BrH/c1-5-22(6-2)15-9-7-14(8-10-15)20-18-21-16(11-23-18)17-12(3)19-13(4)24-17;/h7-11H,5-6H2,1-4H3,(H,20,21);1H. The van der Waals surface area contributed by atoms with Crippen LogP contribution in [-0.2, 0) is 0 Å². The Morgan fingerprint density at radius 3 is 2.28 bits per heavy atom. The van der Waals surface area contributed by atoms with Crippen molar-refractivity contribution in [2.45, 2.75) is 27.7 Å². The predicted octanol–water partition coefficient (Wildman–Crippen LogP) is 6.05. The molecule has 134 valence electrons. The molecular weight excluding hydrogens is 416 g/mol. The number of thiazole rings is 2. The minimum atomic E-state index is 0. The summed E-state index contributed by atoms with van der Waals surface area (Å²) in [5.41, 5.74) is 4.37. The fourth-order valence-electron chi connectivity index (χ4n) is 2.67. The van der Waals surface area contributed by atoms with E-state index in [9.17, 15) is 0 Å². The SMILES string of the molecule is Br.CCN(CC)c1ccc(Nc2nc(-c3sc(C)nc3C)cs2)cc1. The smallest absolute Gasteiger partial charge is 0.187 e. The number of hydrogen-bond acceptors (Lipinski definition) is 6. The summed E-state index contributed by atoms with van der Waals surface area (Å²) < 4.78 is 0. The number of anilines is 3. The summed E-state index contributed by atoms with van der Waals surface area (Å²) in [7, 11) is 0. The maximum Gasteiger partial charge on any atom is 0.187 e. The first kappa shape index (κ1) is 19.9. The quantitative estimate of drug-likeness (QED) is 0.508. The second-order valence-corrected chi connectivity index (χ2v) is 7.59. The van der Waals surface area contributed by atoms with Crippen molar-refractivity contribution in [1.82, 2.24) is 9.97 Å². The molecule has 3 aromatic rings. The van der Waals surface area contributed by atoms with E-state index in [1.54, 1.807) is 22.7 Å². The molecule has 0 unspecified atom stereocenters. The van der Waals surface area contributed by atoms with Crippen molar-refractivity contribution in [3.05, 3.63) is 40.3 Å². The van der Waals surface area contributed by atoms with Crippen molar-refractivity contribution >= 4 is 56.2 Å². The van der Waals surface area contributed by atoms with Crippen molar-refractivity contribution in [3.63, 3.8) is 0 Å². The summed E-state index contributed by atoms with van der Waals surface area (Å²) in [6.45, 7) is 10.5. The minimum Gasteiger partial charge on any atom is -0.372 e. The van der Waals surface area contributed by atoms with Crippen LogP contribution < -0.4 is 10.2 Å². The minimum absolute atomic E-state index is 0. The first-order valence-corrected chi connectivity index (χ1v) is 9.82. The summed E-state index contributed by atoms with van der Waals surface area (Å²) in [5.74, 6) is 0. The van der Waals surface area contributed by atoms with Gasteiger partial charge >= 0.3 is 0 Å². The second kappa shape index (κ2) is 8.78. The van der Waals surface area contributed by atoms with Crippen LogP contribution in [0.25, 0.3) is 10.6 Å². The summed E-state index contributed by atoms with van der Waals surface area (Å²) >= 11 is 3.32. The number of hydrogen-bond donors (Lipinski definition) is 1. The van der Waals surface area contributed by atoms with Gasteiger partial charge < -0.3 is 10.2 Å². The van der Waals surface area contributed by atoms with Crippen molar-refractivity contribution < 1.29 is 0 Å². The van der Waals surface area contributed by atoms with Crippen LogP contribution in [-0.4, -0.2) is 23.1 Å². The maximum atomic E-state index is 4.71. The molecular formula is C18H23BrN4S2. The average Bonchev–Trinajstić information content (AvgIpc) is 3.16. The summed E-state index contributed by atoms with van der Waals surface area (Å²) in [6, 6.07) is 8.52. The highest BCUT2D eigenvalue weighted by Gasteiger charge is 2.11. The number of nitrogens with one attached hydrogen (secondary N) is 1. The third-order valence-electron chi connectivity index (χ3n) is 3.89. The Morgan fingerprint density at radius 1 is 1.04 bits per heavy atom. The van der Waals surface area contributed by atoms with Gasteiger partial charge in [0.25, 0.3) is 0 Å².